The summed E-state index contributed by atoms with van der Waals surface area (Å²) in [7, 11) is -3.08. The molecule has 0 unspecified atom stereocenters. The van der Waals surface area contributed by atoms with Crippen molar-refractivity contribution in [1.29, 1.82) is 0 Å². The van der Waals surface area contributed by atoms with Gasteiger partial charge in [0.05, 0.1) is 61.1 Å². The van der Waals surface area contributed by atoms with Crippen molar-refractivity contribution < 1.29 is 82.4 Å². The highest BCUT2D eigenvalue weighted by Gasteiger charge is 2.32. The fourth-order valence-electron chi connectivity index (χ4n) is 12.8. The van der Waals surface area contributed by atoms with Crippen LogP contribution in [0.15, 0.2) is 325 Å². The molecule has 15 aromatic rings. The summed E-state index contributed by atoms with van der Waals surface area (Å²) in [5.41, 5.74) is 7.59. The lowest BCUT2D eigenvalue weighted by Crippen LogP contribution is -2.16. The number of para-hydroxylation sites is 1. The van der Waals surface area contributed by atoms with Crippen LogP contribution in [0.25, 0.3) is 0 Å². The van der Waals surface area contributed by atoms with E-state index in [0.29, 0.717) is 134 Å². The molecule has 44 heteroatoms. The number of nitrogens with zero attached hydrogens (tertiary/aromatic N) is 13. The van der Waals surface area contributed by atoms with Gasteiger partial charge in [0.1, 0.15) is 44.7 Å². The number of aryl methyl sites for hydroxylation is 2. The van der Waals surface area contributed by atoms with Gasteiger partial charge in [-0.15, -0.1) is 0 Å². The second kappa shape index (κ2) is 54.8. The Labute approximate surface area is 862 Å². The van der Waals surface area contributed by atoms with E-state index < -0.39 is 39.2 Å². The van der Waals surface area contributed by atoms with Crippen molar-refractivity contribution in [2.75, 3.05) is 90.3 Å². The van der Waals surface area contributed by atoms with Crippen LogP contribution in [0.3, 0.4) is 0 Å². The second-order valence-electron chi connectivity index (χ2n) is 31.8. The molecule has 1 fully saturated rings. The number of benzene rings is 7. The number of hydrogen-bond donors (Lipinski definition) is 11. The van der Waals surface area contributed by atoms with Gasteiger partial charge in [0.15, 0.2) is 46.5 Å². The van der Waals surface area contributed by atoms with Crippen molar-refractivity contribution in [2.24, 2.45) is 0 Å². The number of halogens is 7. The molecule has 8 aromatic heterocycles. The largest absolute Gasteiger partial charge is 0.492 e. The number of ketones is 2. The maximum atomic E-state index is 14.4. The van der Waals surface area contributed by atoms with E-state index in [1.165, 1.54) is 24.3 Å². The zero-order valence-corrected chi connectivity index (χ0v) is 82.2. The van der Waals surface area contributed by atoms with E-state index in [9.17, 15) is 58.7 Å². The Balaban J connectivity index is 0.000000167. The first-order valence-electron chi connectivity index (χ1n) is 45.4. The Bertz CT molecular complexity index is 7410. The summed E-state index contributed by atoms with van der Waals surface area (Å²) in [4.78, 5) is 111. The number of hydrogen-bond acceptors (Lipinski definition) is 33. The molecule has 7 aromatic carbocycles. The summed E-state index contributed by atoms with van der Waals surface area (Å²) in [6.45, 7) is 20.6. The first-order chi connectivity index (χ1) is 72.2. The SMILES string of the molecule is C/C=C/C(=O)c1cccc(Oc2nc(Nc3ccccc3)ncc2C)c1.C=CC(=O)Cc1cccc(Nc2nc(Nc3ccc(O[C@H]4CCOC4)nc3)ncc2F)c1.C=CC(=O)Nc1cccc(Nc2nc(Nc3ccc(Cl)c(OCCCS(C)(=O)=O)c3)ncc2F)c1.C=CC(=O)Nc1cccc(Nc2ncc(F)c(NCc3ccc(C(F)(F)F)nc3)n2)c1.C=CC(=O)Nc1cccc(Oc2nc(Nc3ccccn3)ncc2C)c1. The van der Waals surface area contributed by atoms with E-state index in [1.807, 2.05) is 75.4 Å². The maximum absolute atomic E-state index is 14.4. The normalized spacial score (nSPS) is 11.7. The zero-order chi connectivity index (χ0) is 107. The summed E-state index contributed by atoms with van der Waals surface area (Å²) in [5.74, 6) is 1.18. The minimum absolute atomic E-state index is 0.00157. The van der Waals surface area contributed by atoms with Crippen LogP contribution >= 0.6 is 11.6 Å². The van der Waals surface area contributed by atoms with Gasteiger partial charge >= 0.3 is 6.18 Å². The Morgan fingerprint density at radius 2 is 0.987 bits per heavy atom. The summed E-state index contributed by atoms with van der Waals surface area (Å²) >= 11 is 6.16. The number of carbonyl (C=O) groups excluding carboxylic acids is 5. The molecule has 9 heterocycles. The summed E-state index contributed by atoms with van der Waals surface area (Å²) < 4.78 is 131. The number of nitrogens with one attached hydrogen (secondary N) is 11. The summed E-state index contributed by atoms with van der Waals surface area (Å²) in [6.07, 6.45) is 16.7. The molecular weight excluding hydrogens is 1980 g/mol. The Morgan fingerprint density at radius 1 is 0.480 bits per heavy atom. The Kier molecular flexibility index (Phi) is 40.2. The number of rotatable bonds is 39. The number of ether oxygens (including phenoxy) is 5. The molecule has 11 N–H and O–H groups in total. The number of allylic oxidation sites excluding steroid dienone is 3. The first-order valence-corrected chi connectivity index (χ1v) is 47.8. The van der Waals surface area contributed by atoms with Crippen LogP contribution in [0.2, 0.25) is 5.02 Å². The predicted molar refractivity (Wildman–Crippen MR) is 562 cm³/mol. The Morgan fingerprint density at radius 3 is 1.53 bits per heavy atom. The first kappa shape index (κ1) is 110. The monoisotopic (exact) mass is 2080 g/mol. The number of amides is 3. The third-order valence-corrected chi connectivity index (χ3v) is 21.3. The average Bonchev–Trinajstić information content (AvgIpc) is 1.02. The van der Waals surface area contributed by atoms with Crippen LogP contribution < -0.4 is 77.4 Å². The molecule has 768 valence electrons. The summed E-state index contributed by atoms with van der Waals surface area (Å²) in [5, 5.41) is 31.7. The standard InChI is InChI=1S/C23H23ClFN5O4S.C23H22FN5O3.C21H19N3O2.C20H16F4N6O.C19H17N5O2/c1-3-21(31)27-15-6-4-7-16(12-15)28-22-19(25)14-26-23(30-22)29-17-8-9-18(24)20(13-17)34-10-5-11-35(2,32)33;1-2-18(30)11-15-4-3-5-16(10-15)27-22-20(24)13-26-23(29-22)28-17-6-7-21(25-12-17)32-19-8-9-31-14-19;1-3-8-19(25)16-9-7-12-18(13-16)26-20-15(2)14-22-21(24-20)23-17-10-5-4-6-11-17;1-2-17(31)28-13-4-3-5-14(8-13)29-19-27-11-15(21)18(30-19)26-10-12-6-7-16(25-9-12)20(22,23)24;1-3-17(25)22-14-7-6-8-15(11-14)26-18-13(2)12-21-19(24-18)23-16-9-4-5-10-20-16/h3-4,6-9,12-14H,1,5,10-11H2,2H3,(H,27,31)(H2,26,28,29,30);2-7,10,12-13,19H,1,8-9,11,14H2,(H2,26,27,28,29);3-14H,1-2H3,(H,22,23,24);2-9,11H,1,10H2,(H,28,31)(H2,26,27,29,30);3-12H,1H2,2H3,(H,22,25)(H,20,21,23,24)/b;;8-3+;;/t;19-;;;/m.0.../s1. The third kappa shape index (κ3) is 36.2. The van der Waals surface area contributed by atoms with Gasteiger partial charge < -0.3 is 82.2 Å². The van der Waals surface area contributed by atoms with Crippen LogP contribution in [-0.2, 0) is 52.9 Å². The topological polar surface area (TPSA) is 466 Å². The van der Waals surface area contributed by atoms with E-state index >= 15 is 0 Å². The van der Waals surface area contributed by atoms with Gasteiger partial charge in [-0.1, -0.05) is 117 Å². The number of pyridine rings is 3. The lowest BCUT2D eigenvalue weighted by Gasteiger charge is -2.12. The quantitative estimate of drug-likeness (QED) is 0.00737. The van der Waals surface area contributed by atoms with Crippen molar-refractivity contribution in [3.05, 3.63) is 381 Å². The molecule has 1 aliphatic heterocycles. The van der Waals surface area contributed by atoms with E-state index in [1.54, 1.807) is 176 Å². The van der Waals surface area contributed by atoms with Gasteiger partial charge in [-0.25, -0.2) is 56.5 Å². The molecule has 1 saturated heterocycles. The number of aromatic nitrogens is 13. The Hall–Kier alpha value is -18.8. The molecule has 36 nitrogen and oxygen atoms in total. The second-order valence-corrected chi connectivity index (χ2v) is 34.4. The van der Waals surface area contributed by atoms with Crippen molar-refractivity contribution in [2.45, 2.75) is 58.9 Å². The van der Waals surface area contributed by atoms with Crippen molar-refractivity contribution in [3.63, 3.8) is 0 Å². The van der Waals surface area contributed by atoms with Gasteiger partial charge in [0.25, 0.3) is 0 Å². The minimum atomic E-state index is -4.53. The van der Waals surface area contributed by atoms with Gasteiger partial charge in [0, 0.05) is 131 Å². The highest BCUT2D eigenvalue weighted by atomic mass is 35.5. The summed E-state index contributed by atoms with van der Waals surface area (Å²) in [6, 6.07) is 60.1. The fourth-order valence-corrected chi connectivity index (χ4v) is 13.6. The van der Waals surface area contributed by atoms with Crippen molar-refractivity contribution in [1.82, 2.24) is 64.8 Å². The van der Waals surface area contributed by atoms with Crippen LogP contribution in [0, 0.1) is 31.3 Å². The number of anilines is 18. The van der Waals surface area contributed by atoms with Gasteiger partial charge in [-0.05, 0) is 190 Å². The molecular formula is C106H97ClF6N24O12S. The highest BCUT2D eigenvalue weighted by molar-refractivity contribution is 7.90. The fraction of sp³-hybridized carbons (Fsp3) is 0.132. The van der Waals surface area contributed by atoms with Crippen LogP contribution in [-0.4, -0.2) is 140 Å². The lowest BCUT2D eigenvalue weighted by molar-refractivity contribution is -0.141. The smallest absolute Gasteiger partial charge is 0.433 e. The van der Waals surface area contributed by atoms with Crippen molar-refractivity contribution >= 4 is 155 Å². The van der Waals surface area contributed by atoms with E-state index in [-0.39, 0.29) is 96.0 Å². The zero-order valence-electron chi connectivity index (χ0n) is 80.6. The van der Waals surface area contributed by atoms with E-state index in [2.05, 4.69) is 150 Å². The van der Waals surface area contributed by atoms with Crippen LogP contribution in [0.4, 0.5) is 131 Å². The number of sulfone groups is 1. The number of alkyl halides is 3. The highest BCUT2D eigenvalue weighted by Crippen LogP contribution is 2.35. The molecule has 0 spiro atoms. The molecule has 0 aliphatic carbocycles. The van der Waals surface area contributed by atoms with Gasteiger partial charge in [-0.3, -0.25) is 29.0 Å². The van der Waals surface area contributed by atoms with Gasteiger partial charge in [0.2, 0.25) is 65.1 Å². The average molecular weight is 2080 g/mol. The third-order valence-electron chi connectivity index (χ3n) is 20.0. The maximum Gasteiger partial charge on any atom is 0.433 e. The molecule has 0 saturated carbocycles. The molecule has 3 amide bonds. The molecule has 1 atom stereocenters. The van der Waals surface area contributed by atoms with Crippen LogP contribution in [0.1, 0.15) is 58.1 Å². The minimum Gasteiger partial charge on any atom is -0.492 e. The lowest BCUT2D eigenvalue weighted by atomic mass is 10.1. The predicted octanol–water partition coefficient (Wildman–Crippen LogP) is 22.1. The number of carbonyl (C=O) groups is 5. The van der Waals surface area contributed by atoms with Crippen molar-refractivity contribution in [3.8, 4) is 34.9 Å². The molecule has 16 rings (SSSR count). The molecule has 0 bridgehead atoms. The van der Waals surface area contributed by atoms with E-state index in [0.717, 1.165) is 78.1 Å². The van der Waals surface area contributed by atoms with E-state index in [4.69, 9.17) is 35.3 Å². The molecule has 150 heavy (non-hydrogen) atoms. The molecule has 1 aliphatic rings. The van der Waals surface area contributed by atoms with Crippen LogP contribution in [0.5, 0.6) is 34.9 Å². The molecule has 0 radical (unpaired) electrons. The van der Waals surface area contributed by atoms with Gasteiger partial charge in [-0.2, -0.15) is 38.1 Å².